The highest BCUT2D eigenvalue weighted by Crippen LogP contribution is 2.42. The number of rotatable bonds is 6. The molecule has 2 atom stereocenters. The standard InChI is InChI=1S/C24H27ClN4OS/c1-4-5-12-28-23(22(27-24(28)31)19-8-6-7-11-26-19)18-13-15(2)29(16(18)3)20-14-17(25)9-10-21(20)30/h6-11,13-14,22-23,30H,4-5,12H2,1-3H3,(H,27,31)/t22-,23+/m0/s1. The summed E-state index contributed by atoms with van der Waals surface area (Å²) in [5, 5.41) is 15.4. The van der Waals surface area contributed by atoms with Crippen molar-refractivity contribution in [3.63, 3.8) is 0 Å². The van der Waals surface area contributed by atoms with E-state index in [0.717, 1.165) is 47.1 Å². The molecule has 5 nitrogen and oxygen atoms in total. The van der Waals surface area contributed by atoms with Crippen molar-refractivity contribution >= 4 is 28.9 Å². The van der Waals surface area contributed by atoms with Gasteiger partial charge in [0, 0.05) is 29.2 Å². The maximum atomic E-state index is 10.5. The number of thiocarbonyl (C=S) groups is 1. The van der Waals surface area contributed by atoms with Crippen LogP contribution in [0.2, 0.25) is 5.02 Å². The van der Waals surface area contributed by atoms with Crippen LogP contribution in [0.1, 0.15) is 54.5 Å². The second kappa shape index (κ2) is 8.89. The summed E-state index contributed by atoms with van der Waals surface area (Å²) in [6, 6.07) is 13.2. The molecule has 7 heteroatoms. The number of phenolic OH excluding ortho intramolecular Hbond substituents is 1. The summed E-state index contributed by atoms with van der Waals surface area (Å²) in [5.41, 5.74) is 4.88. The highest BCUT2D eigenvalue weighted by atomic mass is 35.5. The Balaban J connectivity index is 1.84. The second-order valence-corrected chi connectivity index (χ2v) is 8.79. The van der Waals surface area contributed by atoms with E-state index < -0.39 is 0 Å². The number of benzene rings is 1. The minimum atomic E-state index is -0.0486. The molecule has 0 bridgehead atoms. The number of hydrogen-bond acceptors (Lipinski definition) is 3. The zero-order valence-corrected chi connectivity index (χ0v) is 19.5. The van der Waals surface area contributed by atoms with Crippen molar-refractivity contribution in [1.29, 1.82) is 0 Å². The van der Waals surface area contributed by atoms with Gasteiger partial charge in [-0.1, -0.05) is 31.0 Å². The van der Waals surface area contributed by atoms with Gasteiger partial charge in [-0.05, 0) is 74.4 Å². The Labute approximate surface area is 193 Å². The van der Waals surface area contributed by atoms with E-state index in [9.17, 15) is 5.11 Å². The number of nitrogens with one attached hydrogen (secondary N) is 1. The van der Waals surface area contributed by atoms with Crippen molar-refractivity contribution in [2.75, 3.05) is 6.54 Å². The fraction of sp³-hybridized carbons (Fsp3) is 0.333. The molecule has 3 heterocycles. The number of aromatic hydroxyl groups is 1. The highest BCUT2D eigenvalue weighted by Gasteiger charge is 2.41. The molecule has 1 saturated heterocycles. The molecule has 1 fully saturated rings. The van der Waals surface area contributed by atoms with E-state index in [4.69, 9.17) is 23.8 Å². The largest absolute Gasteiger partial charge is 0.506 e. The van der Waals surface area contributed by atoms with Crippen LogP contribution in [0.5, 0.6) is 5.75 Å². The van der Waals surface area contributed by atoms with Crippen LogP contribution in [0.25, 0.3) is 5.69 Å². The smallest absolute Gasteiger partial charge is 0.170 e. The molecule has 3 aromatic rings. The van der Waals surface area contributed by atoms with Crippen molar-refractivity contribution < 1.29 is 5.11 Å². The third-order valence-electron chi connectivity index (χ3n) is 5.92. The van der Waals surface area contributed by atoms with E-state index in [0.29, 0.717) is 10.7 Å². The number of halogens is 1. The number of nitrogens with zero attached hydrogens (tertiary/aromatic N) is 3. The van der Waals surface area contributed by atoms with Gasteiger partial charge in [-0.2, -0.15) is 0 Å². The fourth-order valence-corrected chi connectivity index (χ4v) is 4.94. The van der Waals surface area contributed by atoms with Gasteiger partial charge in [0.05, 0.1) is 23.5 Å². The summed E-state index contributed by atoms with van der Waals surface area (Å²) < 4.78 is 2.06. The molecular weight excluding hydrogens is 428 g/mol. The Morgan fingerprint density at radius 1 is 1.19 bits per heavy atom. The minimum Gasteiger partial charge on any atom is -0.506 e. The molecule has 0 amide bonds. The van der Waals surface area contributed by atoms with Gasteiger partial charge in [-0.3, -0.25) is 4.98 Å². The number of hydrogen-bond donors (Lipinski definition) is 2. The van der Waals surface area contributed by atoms with Gasteiger partial charge in [0.15, 0.2) is 5.11 Å². The van der Waals surface area contributed by atoms with Gasteiger partial charge >= 0.3 is 0 Å². The average molecular weight is 455 g/mol. The van der Waals surface area contributed by atoms with Gasteiger partial charge in [-0.25, -0.2) is 0 Å². The fourth-order valence-electron chi connectivity index (χ4n) is 4.45. The van der Waals surface area contributed by atoms with Crippen molar-refractivity contribution in [3.05, 3.63) is 76.3 Å². The van der Waals surface area contributed by atoms with Gasteiger partial charge < -0.3 is 19.9 Å². The Morgan fingerprint density at radius 3 is 2.71 bits per heavy atom. The van der Waals surface area contributed by atoms with Crippen molar-refractivity contribution in [3.8, 4) is 11.4 Å². The summed E-state index contributed by atoms with van der Waals surface area (Å²) in [5.74, 6) is 0.196. The molecule has 0 unspecified atom stereocenters. The lowest BCUT2D eigenvalue weighted by Crippen LogP contribution is -2.30. The molecule has 31 heavy (non-hydrogen) atoms. The van der Waals surface area contributed by atoms with Crippen LogP contribution in [0.3, 0.4) is 0 Å². The molecule has 1 aliphatic rings. The summed E-state index contributed by atoms with van der Waals surface area (Å²) in [6.45, 7) is 7.19. The van der Waals surface area contributed by atoms with E-state index in [1.807, 2.05) is 31.3 Å². The van der Waals surface area contributed by atoms with Crippen LogP contribution in [0.15, 0.2) is 48.7 Å². The monoisotopic (exact) mass is 454 g/mol. The molecule has 2 N–H and O–H groups in total. The van der Waals surface area contributed by atoms with Gasteiger partial charge in [0.25, 0.3) is 0 Å². The van der Waals surface area contributed by atoms with Crippen LogP contribution in [0.4, 0.5) is 0 Å². The molecule has 0 aliphatic carbocycles. The molecule has 0 radical (unpaired) electrons. The maximum absolute atomic E-state index is 10.5. The van der Waals surface area contributed by atoms with Crippen LogP contribution in [-0.4, -0.2) is 31.2 Å². The molecule has 2 aromatic heterocycles. The first-order valence-electron chi connectivity index (χ1n) is 10.6. The Kier molecular flexibility index (Phi) is 6.21. The van der Waals surface area contributed by atoms with Crippen molar-refractivity contribution in [2.24, 2.45) is 0 Å². The van der Waals surface area contributed by atoms with Crippen LogP contribution in [-0.2, 0) is 0 Å². The van der Waals surface area contributed by atoms with Crippen LogP contribution in [0, 0.1) is 13.8 Å². The number of aryl methyl sites for hydroxylation is 1. The third kappa shape index (κ3) is 4.02. The zero-order chi connectivity index (χ0) is 22.1. The lowest BCUT2D eigenvalue weighted by molar-refractivity contribution is 0.312. The van der Waals surface area contributed by atoms with Gasteiger partial charge in [0.2, 0.25) is 0 Å². The Morgan fingerprint density at radius 2 is 2.00 bits per heavy atom. The first kappa shape index (κ1) is 21.7. The molecule has 162 valence electrons. The summed E-state index contributed by atoms with van der Waals surface area (Å²) in [7, 11) is 0. The molecule has 1 aliphatic heterocycles. The average Bonchev–Trinajstić information content (AvgIpc) is 3.24. The Bertz CT molecular complexity index is 1100. The molecule has 0 spiro atoms. The molecule has 1 aromatic carbocycles. The normalized spacial score (nSPS) is 18.5. The zero-order valence-electron chi connectivity index (χ0n) is 18.0. The summed E-state index contributed by atoms with van der Waals surface area (Å²) in [4.78, 5) is 6.90. The van der Waals surface area contributed by atoms with Crippen molar-refractivity contribution in [1.82, 2.24) is 19.8 Å². The maximum Gasteiger partial charge on any atom is 0.170 e. The van der Waals surface area contributed by atoms with E-state index >= 15 is 0 Å². The molecular formula is C24H27ClN4OS. The van der Waals surface area contributed by atoms with Crippen LogP contribution < -0.4 is 5.32 Å². The highest BCUT2D eigenvalue weighted by molar-refractivity contribution is 7.80. The number of unbranched alkanes of at least 4 members (excludes halogenated alkanes) is 1. The quantitative estimate of drug-likeness (QED) is 0.473. The Hall–Kier alpha value is -2.57. The number of pyridine rings is 1. The molecule has 0 saturated carbocycles. The lowest BCUT2D eigenvalue weighted by Gasteiger charge is -2.28. The summed E-state index contributed by atoms with van der Waals surface area (Å²) >= 11 is 12.0. The first-order valence-corrected chi connectivity index (χ1v) is 11.4. The first-order chi connectivity index (χ1) is 14.9. The van der Waals surface area contributed by atoms with E-state index in [2.05, 4.69) is 39.7 Å². The van der Waals surface area contributed by atoms with Crippen molar-refractivity contribution in [2.45, 2.75) is 45.7 Å². The van der Waals surface area contributed by atoms with Crippen LogP contribution >= 0.6 is 23.8 Å². The van der Waals surface area contributed by atoms with Gasteiger partial charge in [0.1, 0.15) is 5.75 Å². The number of aromatic nitrogens is 2. The SMILES string of the molecule is CCCCN1C(=S)N[C@@H](c2ccccn2)[C@H]1c1cc(C)n(-c2cc(Cl)ccc2O)c1C. The van der Waals surface area contributed by atoms with E-state index in [1.165, 1.54) is 0 Å². The topological polar surface area (TPSA) is 53.3 Å². The predicted molar refractivity (Wildman–Crippen MR) is 129 cm³/mol. The van der Waals surface area contributed by atoms with E-state index in [-0.39, 0.29) is 17.8 Å². The minimum absolute atomic E-state index is 0.00947. The second-order valence-electron chi connectivity index (χ2n) is 7.97. The van der Waals surface area contributed by atoms with E-state index in [1.54, 1.807) is 18.2 Å². The lowest BCUT2D eigenvalue weighted by atomic mass is 9.96. The molecule has 4 rings (SSSR count). The van der Waals surface area contributed by atoms with Gasteiger partial charge in [-0.15, -0.1) is 0 Å². The predicted octanol–water partition coefficient (Wildman–Crippen LogP) is 5.62. The third-order valence-corrected chi connectivity index (χ3v) is 6.51. The summed E-state index contributed by atoms with van der Waals surface area (Å²) in [6.07, 6.45) is 3.97. The number of phenols is 1.